The molecule has 1 heterocycles. The fourth-order valence-corrected chi connectivity index (χ4v) is 4.94. The summed E-state index contributed by atoms with van der Waals surface area (Å²) in [5.74, 6) is 0.830. The highest BCUT2D eigenvalue weighted by Crippen LogP contribution is 2.30. The van der Waals surface area contributed by atoms with Crippen LogP contribution in [0, 0.1) is 13.8 Å². The Morgan fingerprint density at radius 1 is 1.00 bits per heavy atom. The molecule has 1 N–H and O–H groups in total. The first-order valence-electron chi connectivity index (χ1n) is 13.0. The zero-order valence-corrected chi connectivity index (χ0v) is 23.6. The average molecular weight is 531 g/mol. The molecule has 198 valence electrons. The van der Waals surface area contributed by atoms with Crippen LogP contribution in [0.5, 0.6) is 5.75 Å². The SMILES string of the molecule is Cc1c(C)n(Cc2ccc(O[C@H](C)C=O)c(Cl)c2)c2ccc(C(=O)N[C@@H](C)c3cccc(C(C)C)c3)cc12. The Kier molecular flexibility index (Phi) is 8.27. The molecule has 1 aromatic heterocycles. The van der Waals surface area contributed by atoms with Gasteiger partial charge in [0, 0.05) is 28.7 Å². The maximum absolute atomic E-state index is 13.2. The van der Waals surface area contributed by atoms with E-state index in [9.17, 15) is 9.59 Å². The second-order valence-corrected chi connectivity index (χ2v) is 10.7. The number of halogens is 1. The van der Waals surface area contributed by atoms with Crippen molar-refractivity contribution in [2.24, 2.45) is 0 Å². The lowest BCUT2D eigenvalue weighted by molar-refractivity contribution is -0.113. The molecule has 0 aliphatic heterocycles. The third-order valence-electron chi connectivity index (χ3n) is 7.17. The molecule has 5 nitrogen and oxygen atoms in total. The second kappa shape index (κ2) is 11.4. The van der Waals surface area contributed by atoms with E-state index in [-0.39, 0.29) is 11.9 Å². The van der Waals surface area contributed by atoms with Crippen molar-refractivity contribution in [3.05, 3.63) is 99.2 Å². The van der Waals surface area contributed by atoms with Gasteiger partial charge in [0.2, 0.25) is 0 Å². The molecule has 38 heavy (non-hydrogen) atoms. The quantitative estimate of drug-likeness (QED) is 0.227. The van der Waals surface area contributed by atoms with Crippen LogP contribution in [0.2, 0.25) is 5.02 Å². The lowest BCUT2D eigenvalue weighted by Gasteiger charge is -2.16. The second-order valence-electron chi connectivity index (χ2n) is 10.3. The van der Waals surface area contributed by atoms with Crippen LogP contribution < -0.4 is 10.1 Å². The molecule has 6 heteroatoms. The number of nitrogens with one attached hydrogen (secondary N) is 1. The van der Waals surface area contributed by atoms with Gasteiger partial charge in [-0.1, -0.05) is 55.8 Å². The number of aromatic nitrogens is 1. The van der Waals surface area contributed by atoms with Crippen molar-refractivity contribution in [3.63, 3.8) is 0 Å². The summed E-state index contributed by atoms with van der Waals surface area (Å²) in [7, 11) is 0. The number of rotatable bonds is 9. The monoisotopic (exact) mass is 530 g/mol. The Labute approximate surface area is 229 Å². The fourth-order valence-electron chi connectivity index (χ4n) is 4.69. The maximum atomic E-state index is 13.2. The van der Waals surface area contributed by atoms with Crippen molar-refractivity contribution in [1.82, 2.24) is 9.88 Å². The summed E-state index contributed by atoms with van der Waals surface area (Å²) in [6.45, 7) is 12.8. The number of carbonyl (C=O) groups excluding carboxylic acids is 2. The molecule has 0 fully saturated rings. The molecule has 1 amide bonds. The largest absolute Gasteiger partial charge is 0.482 e. The summed E-state index contributed by atoms with van der Waals surface area (Å²) in [6.07, 6.45) is 0.179. The van der Waals surface area contributed by atoms with Gasteiger partial charge in [-0.25, -0.2) is 0 Å². The van der Waals surface area contributed by atoms with Gasteiger partial charge in [0.1, 0.15) is 5.75 Å². The van der Waals surface area contributed by atoms with Gasteiger partial charge in [-0.2, -0.15) is 0 Å². The molecule has 2 atom stereocenters. The fraction of sp³-hybridized carbons (Fsp3) is 0.312. The number of hydrogen-bond acceptors (Lipinski definition) is 3. The summed E-state index contributed by atoms with van der Waals surface area (Å²) in [5.41, 5.74) is 7.33. The standard InChI is InChI=1S/C32H35ClN2O3/c1-19(2)25-8-7-9-26(15-25)22(5)34-32(37)27-11-12-30-28(16-27)21(4)23(6)35(30)17-24-10-13-31(29(33)14-24)38-20(3)18-36/h7-16,18-20,22H,17H2,1-6H3,(H,34,37)/t20-,22+/m1/s1. The van der Waals surface area contributed by atoms with Crippen LogP contribution in [-0.4, -0.2) is 22.9 Å². The molecule has 0 saturated carbocycles. The normalized spacial score (nSPS) is 12.9. The number of ether oxygens (including phenoxy) is 1. The summed E-state index contributed by atoms with van der Waals surface area (Å²) >= 11 is 6.43. The molecule has 0 aliphatic rings. The van der Waals surface area contributed by atoms with E-state index in [1.807, 2.05) is 43.3 Å². The van der Waals surface area contributed by atoms with Crippen LogP contribution in [0.15, 0.2) is 60.7 Å². The van der Waals surface area contributed by atoms with E-state index >= 15 is 0 Å². The highest BCUT2D eigenvalue weighted by molar-refractivity contribution is 6.32. The molecular formula is C32H35ClN2O3. The number of carbonyl (C=O) groups is 2. The third kappa shape index (κ3) is 5.78. The molecule has 0 aliphatic carbocycles. The third-order valence-corrected chi connectivity index (χ3v) is 7.46. The first-order chi connectivity index (χ1) is 18.1. The average Bonchev–Trinajstić information content (AvgIpc) is 3.14. The van der Waals surface area contributed by atoms with E-state index in [0.717, 1.165) is 39.6 Å². The highest BCUT2D eigenvalue weighted by Gasteiger charge is 2.17. The van der Waals surface area contributed by atoms with Gasteiger partial charge in [0.25, 0.3) is 5.91 Å². The number of aldehydes is 1. The number of benzene rings is 3. The zero-order valence-electron chi connectivity index (χ0n) is 22.8. The number of nitrogens with zero attached hydrogens (tertiary/aromatic N) is 1. The van der Waals surface area contributed by atoms with E-state index in [0.29, 0.717) is 28.8 Å². The summed E-state index contributed by atoms with van der Waals surface area (Å²) in [4.78, 5) is 24.1. The lowest BCUT2D eigenvalue weighted by Crippen LogP contribution is -2.26. The van der Waals surface area contributed by atoms with Gasteiger partial charge in [0.15, 0.2) is 12.4 Å². The Balaban J connectivity index is 1.56. The van der Waals surface area contributed by atoms with Crippen molar-refractivity contribution < 1.29 is 14.3 Å². The molecule has 0 radical (unpaired) electrons. The van der Waals surface area contributed by atoms with Crippen LogP contribution in [0.1, 0.15) is 78.0 Å². The van der Waals surface area contributed by atoms with E-state index in [2.05, 4.69) is 55.8 Å². The van der Waals surface area contributed by atoms with Crippen LogP contribution in [0.25, 0.3) is 10.9 Å². The summed E-state index contributed by atoms with van der Waals surface area (Å²) < 4.78 is 7.79. The minimum Gasteiger partial charge on any atom is -0.482 e. The van der Waals surface area contributed by atoms with Gasteiger partial charge in [-0.05, 0) is 86.2 Å². The smallest absolute Gasteiger partial charge is 0.251 e. The maximum Gasteiger partial charge on any atom is 0.251 e. The topological polar surface area (TPSA) is 60.3 Å². The van der Waals surface area contributed by atoms with Crippen LogP contribution in [-0.2, 0) is 11.3 Å². The van der Waals surface area contributed by atoms with Crippen LogP contribution >= 0.6 is 11.6 Å². The number of aryl methyl sites for hydroxylation is 1. The van der Waals surface area contributed by atoms with Crippen molar-refractivity contribution in [1.29, 1.82) is 0 Å². The molecule has 4 rings (SSSR count). The van der Waals surface area contributed by atoms with Gasteiger partial charge < -0.3 is 14.6 Å². The minimum absolute atomic E-state index is 0.0916. The van der Waals surface area contributed by atoms with E-state index in [1.54, 1.807) is 13.0 Å². The molecule has 0 unspecified atom stereocenters. The molecule has 3 aromatic carbocycles. The number of hydrogen-bond donors (Lipinski definition) is 1. The predicted molar refractivity (Wildman–Crippen MR) is 155 cm³/mol. The van der Waals surface area contributed by atoms with Crippen molar-refractivity contribution in [3.8, 4) is 5.75 Å². The Morgan fingerprint density at radius 2 is 1.74 bits per heavy atom. The van der Waals surface area contributed by atoms with Crippen LogP contribution in [0.4, 0.5) is 0 Å². The van der Waals surface area contributed by atoms with E-state index < -0.39 is 6.10 Å². The Morgan fingerprint density at radius 3 is 2.42 bits per heavy atom. The van der Waals surface area contributed by atoms with Crippen LogP contribution in [0.3, 0.4) is 0 Å². The highest BCUT2D eigenvalue weighted by atomic mass is 35.5. The molecule has 0 spiro atoms. The molecular weight excluding hydrogens is 496 g/mol. The molecule has 4 aromatic rings. The summed E-state index contributed by atoms with van der Waals surface area (Å²) in [6, 6.07) is 19.8. The van der Waals surface area contributed by atoms with Gasteiger partial charge in [0.05, 0.1) is 11.1 Å². The van der Waals surface area contributed by atoms with Crippen molar-refractivity contribution in [2.75, 3.05) is 0 Å². The first-order valence-corrected chi connectivity index (χ1v) is 13.4. The van der Waals surface area contributed by atoms with Gasteiger partial charge >= 0.3 is 0 Å². The van der Waals surface area contributed by atoms with Crippen molar-refractivity contribution in [2.45, 2.75) is 66.2 Å². The van der Waals surface area contributed by atoms with Gasteiger partial charge in [-0.15, -0.1) is 0 Å². The lowest BCUT2D eigenvalue weighted by atomic mass is 9.98. The van der Waals surface area contributed by atoms with E-state index in [1.165, 1.54) is 5.56 Å². The zero-order chi connectivity index (χ0) is 27.6. The number of fused-ring (bicyclic) bond motifs is 1. The first kappa shape index (κ1) is 27.5. The summed E-state index contributed by atoms with van der Waals surface area (Å²) in [5, 5.41) is 4.68. The Bertz CT molecular complexity index is 1490. The van der Waals surface area contributed by atoms with Gasteiger partial charge in [-0.3, -0.25) is 9.59 Å². The number of amides is 1. The minimum atomic E-state index is -0.559. The Hall–Kier alpha value is -3.57. The molecule has 0 bridgehead atoms. The van der Waals surface area contributed by atoms with Crippen molar-refractivity contribution >= 4 is 34.7 Å². The predicted octanol–water partition coefficient (Wildman–Crippen LogP) is 7.54. The van der Waals surface area contributed by atoms with E-state index in [4.69, 9.17) is 16.3 Å². The molecule has 0 saturated heterocycles.